The van der Waals surface area contributed by atoms with Crippen LogP contribution in [0.1, 0.15) is 23.2 Å². The van der Waals surface area contributed by atoms with Crippen LogP contribution in [0.15, 0.2) is 53.4 Å². The third-order valence-corrected chi connectivity index (χ3v) is 5.78. The highest BCUT2D eigenvalue weighted by Crippen LogP contribution is 2.25. The summed E-state index contributed by atoms with van der Waals surface area (Å²) in [6.45, 7) is -0.979. The molecule has 0 radical (unpaired) electrons. The Bertz CT molecular complexity index is 1050. The van der Waals surface area contributed by atoms with Gasteiger partial charge in [-0.3, -0.25) is 14.3 Å². The zero-order valence-electron chi connectivity index (χ0n) is 15.6. The van der Waals surface area contributed by atoms with Crippen molar-refractivity contribution in [3.8, 4) is 0 Å². The largest absolute Gasteiger partial charge is 0.405 e. The quantitative estimate of drug-likeness (QED) is 0.721. The second kappa shape index (κ2) is 8.34. The van der Waals surface area contributed by atoms with E-state index in [-0.39, 0.29) is 22.1 Å². The maximum Gasteiger partial charge on any atom is 0.405 e. The van der Waals surface area contributed by atoms with Crippen LogP contribution in [0, 0.1) is 0 Å². The molecule has 2 aromatic rings. The number of alkyl halides is 3. The van der Waals surface area contributed by atoms with Crippen LogP contribution in [0.2, 0.25) is 0 Å². The monoisotopic (exact) mass is 441 g/mol. The fourth-order valence-electron chi connectivity index (χ4n) is 2.98. The van der Waals surface area contributed by atoms with Gasteiger partial charge in [-0.25, -0.2) is 8.42 Å². The summed E-state index contributed by atoms with van der Waals surface area (Å²) in [7, 11) is -4.12. The SMILES string of the molecule is O=C(NCC(F)(F)F)c1ccccc1NS(=O)(=O)c1ccc(N2CCCC2=O)cc1. The average Bonchev–Trinajstić information content (AvgIpc) is 3.12. The van der Waals surface area contributed by atoms with E-state index in [1.807, 2.05) is 0 Å². The molecule has 0 bridgehead atoms. The van der Waals surface area contributed by atoms with Gasteiger partial charge in [-0.1, -0.05) is 12.1 Å². The number of carbonyl (C=O) groups excluding carboxylic acids is 2. The highest BCUT2D eigenvalue weighted by atomic mass is 32.2. The van der Waals surface area contributed by atoms with E-state index in [1.165, 1.54) is 48.5 Å². The topological polar surface area (TPSA) is 95.6 Å². The molecule has 1 fully saturated rings. The van der Waals surface area contributed by atoms with Gasteiger partial charge >= 0.3 is 6.18 Å². The van der Waals surface area contributed by atoms with Gasteiger partial charge < -0.3 is 10.2 Å². The average molecular weight is 441 g/mol. The van der Waals surface area contributed by atoms with E-state index >= 15 is 0 Å². The minimum absolute atomic E-state index is 0.0393. The lowest BCUT2D eigenvalue weighted by Crippen LogP contribution is -2.34. The van der Waals surface area contributed by atoms with Gasteiger partial charge in [-0.15, -0.1) is 0 Å². The maximum atomic E-state index is 12.7. The van der Waals surface area contributed by atoms with Gasteiger partial charge in [-0.05, 0) is 42.8 Å². The van der Waals surface area contributed by atoms with Crippen LogP contribution >= 0.6 is 0 Å². The van der Waals surface area contributed by atoms with Crippen LogP contribution in [-0.4, -0.2) is 39.5 Å². The van der Waals surface area contributed by atoms with Gasteiger partial charge in [0.2, 0.25) is 5.91 Å². The fourth-order valence-corrected chi connectivity index (χ4v) is 4.06. The number of nitrogens with zero attached hydrogens (tertiary/aromatic N) is 1. The minimum atomic E-state index is -4.59. The van der Waals surface area contributed by atoms with Gasteiger partial charge in [0.25, 0.3) is 15.9 Å². The molecular formula is C19H18F3N3O4S. The zero-order valence-corrected chi connectivity index (χ0v) is 16.4. The molecule has 0 spiro atoms. The molecule has 0 aliphatic carbocycles. The number of anilines is 2. The van der Waals surface area contributed by atoms with E-state index in [1.54, 1.807) is 10.2 Å². The molecule has 2 aromatic carbocycles. The van der Waals surface area contributed by atoms with Crippen molar-refractivity contribution in [1.29, 1.82) is 0 Å². The molecule has 1 heterocycles. The summed E-state index contributed by atoms with van der Waals surface area (Å²) in [5, 5.41) is 1.71. The molecule has 160 valence electrons. The number of nitrogens with one attached hydrogen (secondary N) is 2. The Hall–Kier alpha value is -3.08. The molecular weight excluding hydrogens is 423 g/mol. The van der Waals surface area contributed by atoms with Gasteiger partial charge in [0, 0.05) is 18.7 Å². The van der Waals surface area contributed by atoms with Gasteiger partial charge in [0.1, 0.15) is 6.54 Å². The third kappa shape index (κ3) is 5.09. The summed E-state index contributed by atoms with van der Waals surface area (Å²) in [5.41, 5.74) is 0.170. The van der Waals surface area contributed by atoms with Crippen LogP contribution in [0.25, 0.3) is 0 Å². The van der Waals surface area contributed by atoms with E-state index in [2.05, 4.69) is 4.72 Å². The summed E-state index contributed by atoms with van der Waals surface area (Å²) in [6.07, 6.45) is -3.43. The van der Waals surface area contributed by atoms with Gasteiger partial charge in [0.15, 0.2) is 0 Å². The highest BCUT2D eigenvalue weighted by Gasteiger charge is 2.29. The lowest BCUT2D eigenvalue weighted by Gasteiger charge is -2.17. The Balaban J connectivity index is 1.79. The number of benzene rings is 2. The molecule has 1 saturated heterocycles. The number of carbonyl (C=O) groups is 2. The van der Waals surface area contributed by atoms with Gasteiger partial charge in [0.05, 0.1) is 16.1 Å². The Kier molecular flexibility index (Phi) is 6.01. The van der Waals surface area contributed by atoms with Crippen molar-refractivity contribution in [3.63, 3.8) is 0 Å². The lowest BCUT2D eigenvalue weighted by atomic mass is 10.1. The van der Waals surface area contributed by atoms with Crippen LogP contribution in [-0.2, 0) is 14.8 Å². The first kappa shape index (κ1) is 21.6. The van der Waals surface area contributed by atoms with E-state index in [0.717, 1.165) is 6.42 Å². The van der Waals surface area contributed by atoms with Crippen molar-refractivity contribution < 1.29 is 31.2 Å². The van der Waals surface area contributed by atoms with Crippen LogP contribution in [0.5, 0.6) is 0 Å². The summed E-state index contributed by atoms with van der Waals surface area (Å²) in [6, 6.07) is 11.0. The molecule has 0 atom stereocenters. The Morgan fingerprint density at radius 1 is 1.07 bits per heavy atom. The van der Waals surface area contributed by atoms with Gasteiger partial charge in [-0.2, -0.15) is 13.2 Å². The molecule has 2 N–H and O–H groups in total. The summed E-state index contributed by atoms with van der Waals surface area (Å²) in [4.78, 5) is 25.3. The first-order valence-electron chi connectivity index (χ1n) is 8.94. The number of amides is 2. The maximum absolute atomic E-state index is 12.7. The van der Waals surface area contributed by atoms with Crippen molar-refractivity contribution in [2.45, 2.75) is 23.9 Å². The Labute approximate surface area is 170 Å². The molecule has 0 aromatic heterocycles. The standard InChI is InChI=1S/C19H18F3N3O4S/c20-19(21,22)12-23-18(27)15-4-1-2-5-16(15)24-30(28,29)14-9-7-13(8-10-14)25-11-3-6-17(25)26/h1-2,4-5,7-10,24H,3,6,11-12H2,(H,23,27). The normalized spacial score (nSPS) is 14.6. The molecule has 11 heteroatoms. The van der Waals surface area contributed by atoms with E-state index < -0.39 is 28.7 Å². The zero-order chi connectivity index (χ0) is 21.9. The number of rotatable bonds is 6. The Morgan fingerprint density at radius 3 is 2.33 bits per heavy atom. The van der Waals surface area contributed by atoms with Crippen LogP contribution in [0.4, 0.5) is 24.5 Å². The van der Waals surface area contributed by atoms with E-state index in [0.29, 0.717) is 18.7 Å². The summed E-state index contributed by atoms with van der Waals surface area (Å²) >= 11 is 0. The molecule has 1 aliphatic heterocycles. The number of halogens is 3. The molecule has 1 aliphatic rings. The molecule has 0 saturated carbocycles. The third-order valence-electron chi connectivity index (χ3n) is 4.40. The molecule has 2 amide bonds. The second-order valence-corrected chi connectivity index (χ2v) is 8.27. The predicted octanol–water partition coefficient (Wildman–Crippen LogP) is 2.91. The van der Waals surface area contributed by atoms with Crippen molar-refractivity contribution >= 4 is 33.2 Å². The number of hydrogen-bond acceptors (Lipinski definition) is 4. The number of hydrogen-bond donors (Lipinski definition) is 2. The van der Waals surface area contributed by atoms with Crippen molar-refractivity contribution in [1.82, 2.24) is 5.32 Å². The Morgan fingerprint density at radius 2 is 1.73 bits per heavy atom. The fraction of sp³-hybridized carbons (Fsp3) is 0.263. The first-order valence-corrected chi connectivity index (χ1v) is 10.4. The van der Waals surface area contributed by atoms with Crippen LogP contribution < -0.4 is 14.9 Å². The smallest absolute Gasteiger partial charge is 0.343 e. The second-order valence-electron chi connectivity index (χ2n) is 6.59. The number of para-hydroxylation sites is 1. The van der Waals surface area contributed by atoms with E-state index in [9.17, 15) is 31.2 Å². The predicted molar refractivity (Wildman–Crippen MR) is 104 cm³/mol. The van der Waals surface area contributed by atoms with Crippen LogP contribution in [0.3, 0.4) is 0 Å². The molecule has 30 heavy (non-hydrogen) atoms. The molecule has 7 nitrogen and oxygen atoms in total. The molecule has 3 rings (SSSR count). The van der Waals surface area contributed by atoms with E-state index in [4.69, 9.17) is 0 Å². The lowest BCUT2D eigenvalue weighted by molar-refractivity contribution is -0.123. The highest BCUT2D eigenvalue weighted by molar-refractivity contribution is 7.92. The first-order chi connectivity index (χ1) is 14.1. The van der Waals surface area contributed by atoms with Crippen molar-refractivity contribution in [2.24, 2.45) is 0 Å². The van der Waals surface area contributed by atoms with Crippen molar-refractivity contribution in [3.05, 3.63) is 54.1 Å². The number of sulfonamides is 1. The summed E-state index contributed by atoms with van der Waals surface area (Å²) < 4.78 is 64.6. The molecule has 0 unspecified atom stereocenters. The van der Waals surface area contributed by atoms with Crippen molar-refractivity contribution in [2.75, 3.05) is 22.7 Å². The summed E-state index contributed by atoms with van der Waals surface area (Å²) in [5.74, 6) is -1.10. The minimum Gasteiger partial charge on any atom is -0.343 e.